The second-order valence-electron chi connectivity index (χ2n) is 7.24. The topological polar surface area (TPSA) is 76.2 Å². The van der Waals surface area contributed by atoms with Gasteiger partial charge in [0.15, 0.2) is 11.5 Å². The highest BCUT2D eigenvalue weighted by atomic mass is 16.7. The van der Waals surface area contributed by atoms with Crippen molar-refractivity contribution in [2.75, 3.05) is 6.79 Å². The van der Waals surface area contributed by atoms with E-state index >= 15 is 0 Å². The number of hydrogen-bond donors (Lipinski definition) is 2. The summed E-state index contributed by atoms with van der Waals surface area (Å²) < 4.78 is 10.7. The molecule has 6 heteroatoms. The van der Waals surface area contributed by atoms with Crippen LogP contribution in [-0.4, -0.2) is 28.7 Å². The number of aromatic nitrogens is 2. The Morgan fingerprint density at radius 2 is 2.00 bits per heavy atom. The molecule has 1 amide bonds. The summed E-state index contributed by atoms with van der Waals surface area (Å²) in [7, 11) is 0. The molecule has 0 bridgehead atoms. The first-order valence-corrected chi connectivity index (χ1v) is 9.41. The summed E-state index contributed by atoms with van der Waals surface area (Å²) in [6.45, 7) is 0.211. The largest absolute Gasteiger partial charge is 0.454 e. The van der Waals surface area contributed by atoms with Crippen molar-refractivity contribution in [1.29, 1.82) is 0 Å². The monoisotopic (exact) mass is 363 g/mol. The number of H-pyrrole nitrogens is 1. The fraction of sp³-hybridized carbons (Fsp3) is 0.333. The van der Waals surface area contributed by atoms with Gasteiger partial charge < -0.3 is 19.8 Å². The Morgan fingerprint density at radius 1 is 1.11 bits per heavy atom. The third-order valence-corrected chi connectivity index (χ3v) is 5.44. The van der Waals surface area contributed by atoms with E-state index in [2.05, 4.69) is 10.3 Å². The van der Waals surface area contributed by atoms with E-state index in [9.17, 15) is 4.79 Å². The number of aromatic amines is 1. The molecule has 1 fully saturated rings. The summed E-state index contributed by atoms with van der Waals surface area (Å²) in [5, 5.41) is 3.18. The number of benzene rings is 2. The number of rotatable bonds is 3. The van der Waals surface area contributed by atoms with E-state index in [0.717, 1.165) is 42.5 Å². The van der Waals surface area contributed by atoms with Gasteiger partial charge in [0.2, 0.25) is 6.79 Å². The standard InChI is InChI=1S/C21H21N3O3/c25-21(14-8-9-18-19(11-14)27-12-26-18)22-15-5-3-4-13(10-15)20-23-16-6-1-2-7-17(16)24-20/h1-2,6-9,11,13,15H,3-5,10,12H2,(H,22,25)(H,23,24). The molecule has 1 aliphatic carbocycles. The van der Waals surface area contributed by atoms with Gasteiger partial charge >= 0.3 is 0 Å². The van der Waals surface area contributed by atoms with Crippen LogP contribution in [0.4, 0.5) is 0 Å². The van der Waals surface area contributed by atoms with Crippen molar-refractivity contribution in [3.8, 4) is 11.5 Å². The van der Waals surface area contributed by atoms with Crippen LogP contribution < -0.4 is 14.8 Å². The first-order chi connectivity index (χ1) is 13.3. The number of imidazole rings is 1. The lowest BCUT2D eigenvalue weighted by Crippen LogP contribution is -2.38. The Morgan fingerprint density at radius 3 is 2.93 bits per heavy atom. The zero-order valence-corrected chi connectivity index (χ0v) is 14.9. The number of nitrogens with zero attached hydrogens (tertiary/aromatic N) is 1. The lowest BCUT2D eigenvalue weighted by Gasteiger charge is -2.28. The molecule has 2 aliphatic rings. The Bertz CT molecular complexity index is 964. The number of para-hydroxylation sites is 2. The van der Waals surface area contributed by atoms with Crippen molar-refractivity contribution in [3.63, 3.8) is 0 Å². The summed E-state index contributed by atoms with van der Waals surface area (Å²) in [5.41, 5.74) is 2.67. The third-order valence-electron chi connectivity index (χ3n) is 5.44. The maximum absolute atomic E-state index is 12.7. The number of carbonyl (C=O) groups is 1. The highest BCUT2D eigenvalue weighted by Gasteiger charge is 2.27. The second-order valence-corrected chi connectivity index (χ2v) is 7.24. The van der Waals surface area contributed by atoms with Gasteiger partial charge in [-0.25, -0.2) is 4.98 Å². The Balaban J connectivity index is 1.28. The molecule has 2 atom stereocenters. The molecule has 2 aromatic carbocycles. The van der Waals surface area contributed by atoms with Gasteiger partial charge in [0, 0.05) is 17.5 Å². The van der Waals surface area contributed by atoms with E-state index in [1.54, 1.807) is 18.2 Å². The van der Waals surface area contributed by atoms with Crippen LogP contribution in [-0.2, 0) is 0 Å². The molecule has 27 heavy (non-hydrogen) atoms. The Hall–Kier alpha value is -3.02. The van der Waals surface area contributed by atoms with Crippen LogP contribution in [0.3, 0.4) is 0 Å². The number of hydrogen-bond acceptors (Lipinski definition) is 4. The molecular weight excluding hydrogens is 342 g/mol. The summed E-state index contributed by atoms with van der Waals surface area (Å²) in [6.07, 6.45) is 4.06. The smallest absolute Gasteiger partial charge is 0.251 e. The average Bonchev–Trinajstić information content (AvgIpc) is 3.34. The van der Waals surface area contributed by atoms with Crippen LogP contribution in [0.15, 0.2) is 42.5 Å². The highest BCUT2D eigenvalue weighted by Crippen LogP contribution is 2.34. The molecule has 3 aromatic rings. The normalized spacial score (nSPS) is 21.3. The van der Waals surface area contributed by atoms with Crippen LogP contribution in [0, 0.1) is 0 Å². The van der Waals surface area contributed by atoms with Gasteiger partial charge in [0.25, 0.3) is 5.91 Å². The summed E-state index contributed by atoms with van der Waals surface area (Å²) in [4.78, 5) is 20.9. The van der Waals surface area contributed by atoms with Crippen molar-refractivity contribution >= 4 is 16.9 Å². The molecule has 1 aliphatic heterocycles. The number of carbonyl (C=O) groups excluding carboxylic acids is 1. The van der Waals surface area contributed by atoms with E-state index in [0.29, 0.717) is 23.0 Å². The van der Waals surface area contributed by atoms with Gasteiger partial charge in [-0.15, -0.1) is 0 Å². The molecule has 5 rings (SSSR count). The van der Waals surface area contributed by atoms with Crippen LogP contribution in [0.2, 0.25) is 0 Å². The van der Waals surface area contributed by atoms with Crippen molar-refractivity contribution in [3.05, 3.63) is 53.9 Å². The van der Waals surface area contributed by atoms with Crippen molar-refractivity contribution in [2.24, 2.45) is 0 Å². The van der Waals surface area contributed by atoms with E-state index in [-0.39, 0.29) is 18.7 Å². The zero-order chi connectivity index (χ0) is 18.2. The number of amides is 1. The van der Waals surface area contributed by atoms with Gasteiger partial charge in [-0.2, -0.15) is 0 Å². The molecule has 2 unspecified atom stereocenters. The lowest BCUT2D eigenvalue weighted by molar-refractivity contribution is 0.0924. The summed E-state index contributed by atoms with van der Waals surface area (Å²) in [6, 6.07) is 13.6. The van der Waals surface area contributed by atoms with Crippen LogP contribution in [0.25, 0.3) is 11.0 Å². The average molecular weight is 363 g/mol. The first kappa shape index (κ1) is 16.2. The maximum atomic E-state index is 12.7. The number of fused-ring (bicyclic) bond motifs is 2. The molecule has 138 valence electrons. The molecule has 0 radical (unpaired) electrons. The quantitative estimate of drug-likeness (QED) is 0.743. The molecule has 6 nitrogen and oxygen atoms in total. The number of nitrogens with one attached hydrogen (secondary N) is 2. The lowest BCUT2D eigenvalue weighted by atomic mass is 9.85. The van der Waals surface area contributed by atoms with Gasteiger partial charge in [-0.1, -0.05) is 18.6 Å². The van der Waals surface area contributed by atoms with Crippen LogP contribution >= 0.6 is 0 Å². The predicted octanol–water partition coefficient (Wildman–Crippen LogP) is 3.75. The van der Waals surface area contributed by atoms with E-state index in [1.807, 2.05) is 24.3 Å². The molecule has 2 heterocycles. The third kappa shape index (κ3) is 3.12. The minimum atomic E-state index is -0.0662. The molecular formula is C21H21N3O3. The summed E-state index contributed by atoms with van der Waals surface area (Å²) >= 11 is 0. The second kappa shape index (κ2) is 6.61. The van der Waals surface area contributed by atoms with Crippen molar-refractivity contribution in [1.82, 2.24) is 15.3 Å². The van der Waals surface area contributed by atoms with Crippen molar-refractivity contribution in [2.45, 2.75) is 37.6 Å². The SMILES string of the molecule is O=C(NC1CCCC(c2nc3ccccc3[nH]2)C1)c1ccc2c(c1)OCO2. The van der Waals surface area contributed by atoms with Crippen molar-refractivity contribution < 1.29 is 14.3 Å². The minimum Gasteiger partial charge on any atom is -0.454 e. The van der Waals surface area contributed by atoms with E-state index in [1.165, 1.54) is 0 Å². The zero-order valence-electron chi connectivity index (χ0n) is 14.9. The van der Waals surface area contributed by atoms with Gasteiger partial charge in [0.1, 0.15) is 5.82 Å². The van der Waals surface area contributed by atoms with Crippen LogP contribution in [0.5, 0.6) is 11.5 Å². The van der Waals surface area contributed by atoms with Crippen LogP contribution in [0.1, 0.15) is 47.8 Å². The predicted molar refractivity (Wildman–Crippen MR) is 101 cm³/mol. The fourth-order valence-corrected chi connectivity index (χ4v) is 4.04. The van der Waals surface area contributed by atoms with E-state index < -0.39 is 0 Å². The highest BCUT2D eigenvalue weighted by molar-refractivity contribution is 5.95. The van der Waals surface area contributed by atoms with Gasteiger partial charge in [-0.3, -0.25) is 4.79 Å². The maximum Gasteiger partial charge on any atom is 0.251 e. The minimum absolute atomic E-state index is 0.0662. The first-order valence-electron chi connectivity index (χ1n) is 9.41. The molecule has 1 saturated carbocycles. The molecule has 2 N–H and O–H groups in total. The molecule has 0 spiro atoms. The molecule has 1 aromatic heterocycles. The summed E-state index contributed by atoms with van der Waals surface area (Å²) in [5.74, 6) is 2.62. The fourth-order valence-electron chi connectivity index (χ4n) is 4.04. The number of ether oxygens (including phenoxy) is 2. The van der Waals surface area contributed by atoms with Gasteiger partial charge in [0.05, 0.1) is 11.0 Å². The molecule has 0 saturated heterocycles. The Labute approximate surface area is 156 Å². The van der Waals surface area contributed by atoms with Gasteiger partial charge in [-0.05, 0) is 49.6 Å². The Kier molecular flexibility index (Phi) is 3.96. The van der Waals surface area contributed by atoms with E-state index in [4.69, 9.17) is 14.5 Å².